The number of hydrogen-bond donors (Lipinski definition) is 2. The van der Waals surface area contributed by atoms with E-state index >= 15 is 0 Å². The molecule has 0 saturated heterocycles. The van der Waals surface area contributed by atoms with E-state index in [0.29, 0.717) is 19.2 Å². The number of aliphatic hydroxyl groups excluding tert-OH is 1. The Morgan fingerprint density at radius 1 is 1.28 bits per heavy atom. The molecule has 102 valence electrons. The highest BCUT2D eigenvalue weighted by molar-refractivity contribution is 5.21. The molecule has 3 nitrogen and oxygen atoms in total. The van der Waals surface area contributed by atoms with Crippen molar-refractivity contribution in [3.63, 3.8) is 0 Å². The first kappa shape index (κ1) is 15.2. The molecule has 3 heteroatoms. The molecule has 0 aliphatic carbocycles. The van der Waals surface area contributed by atoms with Gasteiger partial charge in [-0.2, -0.15) is 0 Å². The van der Waals surface area contributed by atoms with Crippen LogP contribution >= 0.6 is 0 Å². The maximum absolute atomic E-state index is 9.53. The van der Waals surface area contributed by atoms with E-state index in [0.717, 1.165) is 12.8 Å². The zero-order valence-corrected chi connectivity index (χ0v) is 11.6. The molecule has 0 saturated carbocycles. The van der Waals surface area contributed by atoms with Crippen LogP contribution in [0.2, 0.25) is 0 Å². The fraction of sp³-hybridized carbons (Fsp3) is 0.600. The summed E-state index contributed by atoms with van der Waals surface area (Å²) in [7, 11) is 1.60. The molecular weight excluding hydrogens is 226 g/mol. The molecule has 0 amide bonds. The molecule has 1 aromatic carbocycles. The van der Waals surface area contributed by atoms with Gasteiger partial charge in [0.1, 0.15) is 0 Å². The van der Waals surface area contributed by atoms with Crippen molar-refractivity contribution in [1.82, 2.24) is 5.32 Å². The van der Waals surface area contributed by atoms with Gasteiger partial charge in [-0.15, -0.1) is 0 Å². The van der Waals surface area contributed by atoms with Crippen LogP contribution in [-0.2, 0) is 11.2 Å². The lowest BCUT2D eigenvalue weighted by atomic mass is 10.0. The van der Waals surface area contributed by atoms with Crippen LogP contribution in [0.1, 0.15) is 24.5 Å². The SMILES string of the molecule is COCC(O)CNC(C)CCc1ccc(C)cc1. The average molecular weight is 251 g/mol. The van der Waals surface area contributed by atoms with Crippen molar-refractivity contribution in [2.24, 2.45) is 0 Å². The number of nitrogens with one attached hydrogen (secondary N) is 1. The van der Waals surface area contributed by atoms with Gasteiger partial charge in [0.05, 0.1) is 12.7 Å². The van der Waals surface area contributed by atoms with Gasteiger partial charge in [-0.3, -0.25) is 0 Å². The fourth-order valence-corrected chi connectivity index (χ4v) is 1.83. The summed E-state index contributed by atoms with van der Waals surface area (Å²) in [6.07, 6.45) is 1.72. The van der Waals surface area contributed by atoms with E-state index in [-0.39, 0.29) is 0 Å². The smallest absolute Gasteiger partial charge is 0.0897 e. The first-order valence-electron chi connectivity index (χ1n) is 6.57. The van der Waals surface area contributed by atoms with Crippen LogP contribution in [0.5, 0.6) is 0 Å². The molecule has 2 unspecified atom stereocenters. The molecule has 2 N–H and O–H groups in total. The molecule has 0 bridgehead atoms. The van der Waals surface area contributed by atoms with E-state index in [1.165, 1.54) is 11.1 Å². The largest absolute Gasteiger partial charge is 0.389 e. The normalized spacial score (nSPS) is 14.4. The second kappa shape index (κ2) is 8.25. The van der Waals surface area contributed by atoms with Crippen molar-refractivity contribution in [3.8, 4) is 0 Å². The lowest BCUT2D eigenvalue weighted by molar-refractivity contribution is 0.0629. The van der Waals surface area contributed by atoms with Crippen molar-refractivity contribution >= 4 is 0 Å². The van der Waals surface area contributed by atoms with Crippen LogP contribution < -0.4 is 5.32 Å². The lowest BCUT2D eigenvalue weighted by Gasteiger charge is -2.16. The molecule has 0 spiro atoms. The van der Waals surface area contributed by atoms with Crippen molar-refractivity contribution < 1.29 is 9.84 Å². The summed E-state index contributed by atoms with van der Waals surface area (Å²) >= 11 is 0. The lowest BCUT2D eigenvalue weighted by Crippen LogP contribution is -2.36. The van der Waals surface area contributed by atoms with Crippen LogP contribution in [-0.4, -0.2) is 37.5 Å². The highest BCUT2D eigenvalue weighted by atomic mass is 16.5. The Kier molecular flexibility index (Phi) is 6.94. The Bertz CT molecular complexity index is 324. The maximum atomic E-state index is 9.53. The Balaban J connectivity index is 2.20. The molecule has 2 atom stereocenters. The van der Waals surface area contributed by atoms with Crippen molar-refractivity contribution in [2.45, 2.75) is 38.8 Å². The van der Waals surface area contributed by atoms with Crippen molar-refractivity contribution in [2.75, 3.05) is 20.3 Å². The summed E-state index contributed by atoms with van der Waals surface area (Å²) in [4.78, 5) is 0. The molecule has 18 heavy (non-hydrogen) atoms. The summed E-state index contributed by atoms with van der Waals surface area (Å²) in [5.74, 6) is 0. The summed E-state index contributed by atoms with van der Waals surface area (Å²) in [6, 6.07) is 9.06. The Morgan fingerprint density at radius 2 is 1.94 bits per heavy atom. The minimum Gasteiger partial charge on any atom is -0.389 e. The maximum Gasteiger partial charge on any atom is 0.0897 e. The second-order valence-electron chi connectivity index (χ2n) is 4.94. The zero-order valence-electron chi connectivity index (χ0n) is 11.6. The fourth-order valence-electron chi connectivity index (χ4n) is 1.83. The van der Waals surface area contributed by atoms with Gasteiger partial charge in [-0.05, 0) is 32.3 Å². The summed E-state index contributed by atoms with van der Waals surface area (Å²) in [5.41, 5.74) is 2.67. The number of aliphatic hydroxyl groups is 1. The van der Waals surface area contributed by atoms with Crippen molar-refractivity contribution in [1.29, 1.82) is 0 Å². The van der Waals surface area contributed by atoms with E-state index in [1.54, 1.807) is 7.11 Å². The molecular formula is C15H25NO2. The first-order valence-corrected chi connectivity index (χ1v) is 6.57. The van der Waals surface area contributed by atoms with Crippen molar-refractivity contribution in [3.05, 3.63) is 35.4 Å². The van der Waals surface area contributed by atoms with E-state index < -0.39 is 6.10 Å². The molecule has 0 heterocycles. The Hall–Kier alpha value is -0.900. The molecule has 0 aromatic heterocycles. The van der Waals surface area contributed by atoms with Crippen LogP contribution in [0.25, 0.3) is 0 Å². The zero-order chi connectivity index (χ0) is 13.4. The minimum absolute atomic E-state index is 0.387. The molecule has 0 aliphatic heterocycles. The summed E-state index contributed by atoms with van der Waals surface area (Å²) in [5, 5.41) is 12.8. The number of methoxy groups -OCH3 is 1. The van der Waals surface area contributed by atoms with Crippen LogP contribution in [0, 0.1) is 6.92 Å². The quantitative estimate of drug-likeness (QED) is 0.741. The average Bonchev–Trinajstić information content (AvgIpc) is 2.36. The highest BCUT2D eigenvalue weighted by Gasteiger charge is 2.06. The first-order chi connectivity index (χ1) is 8.61. The van der Waals surface area contributed by atoms with Crippen LogP contribution in [0.15, 0.2) is 24.3 Å². The third-order valence-corrected chi connectivity index (χ3v) is 3.05. The molecule has 0 radical (unpaired) electrons. The van der Waals surface area contributed by atoms with Gasteiger partial charge in [0.2, 0.25) is 0 Å². The third kappa shape index (κ3) is 6.15. The van der Waals surface area contributed by atoms with Gasteiger partial charge in [-0.1, -0.05) is 29.8 Å². The van der Waals surface area contributed by atoms with E-state index in [9.17, 15) is 5.11 Å². The van der Waals surface area contributed by atoms with Gasteiger partial charge in [0.15, 0.2) is 0 Å². The predicted octanol–water partition coefficient (Wildman–Crippen LogP) is 1.91. The Morgan fingerprint density at radius 3 is 2.56 bits per heavy atom. The molecule has 0 fully saturated rings. The molecule has 0 aliphatic rings. The highest BCUT2D eigenvalue weighted by Crippen LogP contribution is 2.07. The number of rotatable bonds is 8. The van der Waals surface area contributed by atoms with Crippen LogP contribution in [0.3, 0.4) is 0 Å². The van der Waals surface area contributed by atoms with E-state index in [4.69, 9.17) is 4.74 Å². The molecule has 1 rings (SSSR count). The standard InChI is InChI=1S/C15H25NO2/c1-12-4-7-14(8-5-12)9-6-13(2)16-10-15(17)11-18-3/h4-5,7-8,13,15-17H,6,9-11H2,1-3H3. The van der Waals surface area contributed by atoms with Gasteiger partial charge in [-0.25, -0.2) is 0 Å². The third-order valence-electron chi connectivity index (χ3n) is 3.05. The Labute approximate surface area is 110 Å². The second-order valence-corrected chi connectivity index (χ2v) is 4.94. The number of aryl methyl sites for hydroxylation is 2. The van der Waals surface area contributed by atoms with Crippen LogP contribution in [0.4, 0.5) is 0 Å². The molecule has 1 aromatic rings. The number of benzene rings is 1. The number of hydrogen-bond acceptors (Lipinski definition) is 3. The minimum atomic E-state index is -0.420. The van der Waals surface area contributed by atoms with E-state index in [1.807, 2.05) is 0 Å². The number of ether oxygens (including phenoxy) is 1. The monoisotopic (exact) mass is 251 g/mol. The topological polar surface area (TPSA) is 41.5 Å². The van der Waals surface area contributed by atoms with Gasteiger partial charge in [0, 0.05) is 19.7 Å². The summed E-state index contributed by atoms with van der Waals surface area (Å²) in [6.45, 7) is 5.22. The van der Waals surface area contributed by atoms with E-state index in [2.05, 4.69) is 43.4 Å². The summed E-state index contributed by atoms with van der Waals surface area (Å²) < 4.78 is 4.89. The predicted molar refractivity (Wildman–Crippen MR) is 74.8 cm³/mol. The van der Waals surface area contributed by atoms with Gasteiger partial charge in [0.25, 0.3) is 0 Å². The van der Waals surface area contributed by atoms with Gasteiger partial charge < -0.3 is 15.2 Å². The van der Waals surface area contributed by atoms with Gasteiger partial charge >= 0.3 is 0 Å².